The van der Waals surface area contributed by atoms with E-state index in [0.717, 1.165) is 5.56 Å². The number of carbonyl (C=O) groups excluding carboxylic acids is 1. The standard InChI is InChI=1S/C18H14N2O4S2/c1-3-8-19-17(21)16(26-18(19)25)10-13-5-7-15(24-13)12-4-6-14(20(22)23)11(2)9-12/h3-7,9-10H,1,8H2,2H3. The number of carbonyl (C=O) groups is 1. The topological polar surface area (TPSA) is 76.6 Å². The largest absolute Gasteiger partial charge is 0.457 e. The molecule has 1 aliphatic rings. The molecule has 1 aromatic heterocycles. The van der Waals surface area contributed by atoms with Crippen LogP contribution in [0.3, 0.4) is 0 Å². The smallest absolute Gasteiger partial charge is 0.272 e. The van der Waals surface area contributed by atoms with Gasteiger partial charge in [-0.2, -0.15) is 0 Å². The van der Waals surface area contributed by atoms with Crippen molar-refractivity contribution in [2.45, 2.75) is 6.92 Å². The molecule has 0 radical (unpaired) electrons. The van der Waals surface area contributed by atoms with Gasteiger partial charge in [-0.25, -0.2) is 0 Å². The maximum Gasteiger partial charge on any atom is 0.272 e. The van der Waals surface area contributed by atoms with Crippen LogP contribution in [0, 0.1) is 17.0 Å². The van der Waals surface area contributed by atoms with E-state index in [1.807, 2.05) is 0 Å². The number of benzene rings is 1. The van der Waals surface area contributed by atoms with E-state index in [9.17, 15) is 14.9 Å². The SMILES string of the molecule is C=CCN1C(=O)C(=Cc2ccc(-c3ccc([N+](=O)[O-])c(C)c3)o2)SC1=S. The van der Waals surface area contributed by atoms with Gasteiger partial charge < -0.3 is 4.42 Å². The van der Waals surface area contributed by atoms with E-state index < -0.39 is 4.92 Å². The summed E-state index contributed by atoms with van der Waals surface area (Å²) in [7, 11) is 0. The summed E-state index contributed by atoms with van der Waals surface area (Å²) in [5, 5.41) is 10.9. The van der Waals surface area contributed by atoms with Crippen molar-refractivity contribution in [2.24, 2.45) is 0 Å². The molecular weight excluding hydrogens is 372 g/mol. The monoisotopic (exact) mass is 386 g/mol. The van der Waals surface area contributed by atoms with Gasteiger partial charge in [-0.1, -0.05) is 30.1 Å². The second-order valence-electron chi connectivity index (χ2n) is 5.54. The van der Waals surface area contributed by atoms with Crippen LogP contribution in [-0.2, 0) is 4.79 Å². The van der Waals surface area contributed by atoms with Crippen LogP contribution in [0.4, 0.5) is 5.69 Å². The number of aryl methyl sites for hydroxylation is 1. The van der Waals surface area contributed by atoms with E-state index in [1.54, 1.807) is 43.3 Å². The lowest BCUT2D eigenvalue weighted by atomic mass is 10.1. The molecule has 0 spiro atoms. The summed E-state index contributed by atoms with van der Waals surface area (Å²) < 4.78 is 6.26. The molecule has 0 atom stereocenters. The van der Waals surface area contributed by atoms with Crippen LogP contribution < -0.4 is 0 Å². The molecule has 3 rings (SSSR count). The Bertz CT molecular complexity index is 962. The maximum absolute atomic E-state index is 12.3. The Morgan fingerprint density at radius 3 is 2.81 bits per heavy atom. The molecule has 1 saturated heterocycles. The highest BCUT2D eigenvalue weighted by Crippen LogP contribution is 2.34. The maximum atomic E-state index is 12.3. The van der Waals surface area contributed by atoms with Crippen molar-refractivity contribution in [3.8, 4) is 11.3 Å². The van der Waals surface area contributed by atoms with Crippen molar-refractivity contribution < 1.29 is 14.1 Å². The molecular formula is C18H14N2O4S2. The van der Waals surface area contributed by atoms with Crippen molar-refractivity contribution in [3.05, 3.63) is 69.3 Å². The third-order valence-electron chi connectivity index (χ3n) is 3.76. The number of hydrogen-bond donors (Lipinski definition) is 0. The molecule has 6 nitrogen and oxygen atoms in total. The lowest BCUT2D eigenvalue weighted by Gasteiger charge is -2.10. The van der Waals surface area contributed by atoms with E-state index in [0.29, 0.717) is 32.9 Å². The van der Waals surface area contributed by atoms with Crippen LogP contribution in [0.25, 0.3) is 17.4 Å². The van der Waals surface area contributed by atoms with Crippen LogP contribution in [0.5, 0.6) is 0 Å². The van der Waals surface area contributed by atoms with Gasteiger partial charge in [0.05, 0.1) is 9.83 Å². The number of thioether (sulfide) groups is 1. The van der Waals surface area contributed by atoms with Gasteiger partial charge in [0.15, 0.2) is 0 Å². The zero-order valence-corrected chi connectivity index (χ0v) is 15.4. The Kier molecular flexibility index (Phi) is 5.06. The van der Waals surface area contributed by atoms with Gasteiger partial charge in [0, 0.05) is 29.8 Å². The summed E-state index contributed by atoms with van der Waals surface area (Å²) in [5.41, 5.74) is 1.34. The average Bonchev–Trinajstić information content (AvgIpc) is 3.15. The molecule has 1 aromatic carbocycles. The van der Waals surface area contributed by atoms with E-state index in [1.165, 1.54) is 22.7 Å². The number of rotatable bonds is 5. The van der Waals surface area contributed by atoms with Crippen molar-refractivity contribution >= 4 is 46.0 Å². The van der Waals surface area contributed by atoms with E-state index in [2.05, 4.69) is 6.58 Å². The number of amides is 1. The summed E-state index contributed by atoms with van der Waals surface area (Å²) >= 11 is 6.41. The quantitative estimate of drug-likeness (QED) is 0.247. The number of hydrogen-bond acceptors (Lipinski definition) is 6. The van der Waals surface area contributed by atoms with Gasteiger partial charge in [-0.15, -0.1) is 6.58 Å². The molecule has 0 aliphatic carbocycles. The fraction of sp³-hybridized carbons (Fsp3) is 0.111. The lowest BCUT2D eigenvalue weighted by molar-refractivity contribution is -0.385. The number of nitrogens with zero attached hydrogens (tertiary/aromatic N) is 2. The zero-order valence-electron chi connectivity index (χ0n) is 13.8. The van der Waals surface area contributed by atoms with Gasteiger partial charge in [0.1, 0.15) is 15.8 Å². The third-order valence-corrected chi connectivity index (χ3v) is 5.14. The molecule has 0 N–H and O–H groups in total. The fourth-order valence-corrected chi connectivity index (χ4v) is 3.77. The second kappa shape index (κ2) is 7.27. The number of thiocarbonyl (C=S) groups is 1. The first-order chi connectivity index (χ1) is 12.4. The van der Waals surface area contributed by atoms with Crippen molar-refractivity contribution in [3.63, 3.8) is 0 Å². The summed E-state index contributed by atoms with van der Waals surface area (Å²) in [6, 6.07) is 8.29. The first-order valence-electron chi connectivity index (χ1n) is 7.62. The summed E-state index contributed by atoms with van der Waals surface area (Å²) in [6.07, 6.45) is 3.26. The third kappa shape index (κ3) is 3.47. The molecule has 0 saturated carbocycles. The molecule has 1 aliphatic heterocycles. The summed E-state index contributed by atoms with van der Waals surface area (Å²) in [5.74, 6) is 0.898. The fourth-order valence-electron chi connectivity index (χ4n) is 2.51. The normalized spacial score (nSPS) is 15.7. The first kappa shape index (κ1) is 18.1. The van der Waals surface area contributed by atoms with E-state index >= 15 is 0 Å². The van der Waals surface area contributed by atoms with E-state index in [-0.39, 0.29) is 11.6 Å². The van der Waals surface area contributed by atoms with Crippen LogP contribution >= 0.6 is 24.0 Å². The molecule has 0 bridgehead atoms. The van der Waals surface area contributed by atoms with Gasteiger partial charge in [-0.05, 0) is 31.2 Å². The highest BCUT2D eigenvalue weighted by molar-refractivity contribution is 8.26. The van der Waals surface area contributed by atoms with Gasteiger partial charge in [0.2, 0.25) is 0 Å². The Hall–Kier alpha value is -2.71. The lowest BCUT2D eigenvalue weighted by Crippen LogP contribution is -2.27. The van der Waals surface area contributed by atoms with Crippen LogP contribution in [0.15, 0.2) is 52.3 Å². The van der Waals surface area contributed by atoms with Crippen LogP contribution in [-0.4, -0.2) is 26.6 Å². The van der Waals surface area contributed by atoms with Crippen molar-refractivity contribution in [1.29, 1.82) is 0 Å². The van der Waals surface area contributed by atoms with Crippen molar-refractivity contribution in [2.75, 3.05) is 6.54 Å². The highest BCUT2D eigenvalue weighted by atomic mass is 32.2. The highest BCUT2D eigenvalue weighted by Gasteiger charge is 2.31. The minimum atomic E-state index is -0.419. The number of nitro benzene ring substituents is 1. The number of nitro groups is 1. The Morgan fingerprint density at radius 2 is 2.15 bits per heavy atom. The van der Waals surface area contributed by atoms with Crippen LogP contribution in [0.1, 0.15) is 11.3 Å². The van der Waals surface area contributed by atoms with Crippen LogP contribution in [0.2, 0.25) is 0 Å². The molecule has 8 heteroatoms. The molecule has 0 unspecified atom stereocenters. The molecule has 1 amide bonds. The Morgan fingerprint density at radius 1 is 1.38 bits per heavy atom. The van der Waals surface area contributed by atoms with E-state index in [4.69, 9.17) is 16.6 Å². The molecule has 2 aromatic rings. The summed E-state index contributed by atoms with van der Waals surface area (Å²) in [6.45, 7) is 5.67. The minimum absolute atomic E-state index is 0.0615. The van der Waals surface area contributed by atoms with Crippen molar-refractivity contribution in [1.82, 2.24) is 4.90 Å². The Labute approximate surface area is 159 Å². The molecule has 26 heavy (non-hydrogen) atoms. The second-order valence-corrected chi connectivity index (χ2v) is 7.22. The zero-order chi connectivity index (χ0) is 18.8. The number of furan rings is 1. The first-order valence-corrected chi connectivity index (χ1v) is 8.84. The molecule has 1 fully saturated rings. The van der Waals surface area contributed by atoms with Gasteiger partial charge >= 0.3 is 0 Å². The van der Waals surface area contributed by atoms with Gasteiger partial charge in [-0.3, -0.25) is 19.8 Å². The molecule has 132 valence electrons. The minimum Gasteiger partial charge on any atom is -0.457 e. The Balaban J connectivity index is 1.86. The summed E-state index contributed by atoms with van der Waals surface area (Å²) in [4.78, 5) is 24.8. The molecule has 2 heterocycles. The average molecular weight is 386 g/mol. The van der Waals surface area contributed by atoms with Gasteiger partial charge in [0.25, 0.3) is 11.6 Å². The predicted molar refractivity (Wildman–Crippen MR) is 106 cm³/mol. The predicted octanol–water partition coefficient (Wildman–Crippen LogP) is 4.55.